The molecule has 0 aliphatic carbocycles. The van der Waals surface area contributed by atoms with Gasteiger partial charge >= 0.3 is 0 Å². The number of imidazole rings is 1. The molecule has 0 spiro atoms. The fraction of sp³-hybridized carbons (Fsp3) is 0.467. The molecule has 7 heteroatoms. The van der Waals surface area contributed by atoms with Gasteiger partial charge in [-0.05, 0) is 18.6 Å². The Labute approximate surface area is 129 Å². The normalized spacial score (nSPS) is 11.1. The zero-order valence-electron chi connectivity index (χ0n) is 13.3. The van der Waals surface area contributed by atoms with Crippen molar-refractivity contribution in [3.63, 3.8) is 0 Å². The number of amides is 1. The van der Waals surface area contributed by atoms with Crippen molar-refractivity contribution in [2.75, 3.05) is 27.9 Å². The lowest BCUT2D eigenvalue weighted by atomic mass is 10.2. The molecule has 0 saturated heterocycles. The van der Waals surface area contributed by atoms with Gasteiger partial charge in [0.25, 0.3) is 5.91 Å². The highest BCUT2D eigenvalue weighted by molar-refractivity contribution is 5.95. The maximum Gasteiger partial charge on any atom is 0.270 e. The van der Waals surface area contributed by atoms with Gasteiger partial charge in [0, 0.05) is 20.4 Å². The molecular weight excluding hydrogens is 286 g/mol. The van der Waals surface area contributed by atoms with Gasteiger partial charge in [0.05, 0.1) is 19.3 Å². The van der Waals surface area contributed by atoms with Crippen LogP contribution in [0, 0.1) is 0 Å². The molecule has 0 atom stereocenters. The SMILES string of the molecule is CCc1nc2c(OC)cccn2c1C(=O)NCC(OC)OC. The number of hydrogen-bond acceptors (Lipinski definition) is 5. The van der Waals surface area contributed by atoms with E-state index in [1.165, 1.54) is 14.2 Å². The minimum absolute atomic E-state index is 0.225. The summed E-state index contributed by atoms with van der Waals surface area (Å²) in [5.41, 5.74) is 1.85. The second kappa shape index (κ2) is 7.24. The smallest absolute Gasteiger partial charge is 0.270 e. The predicted molar refractivity (Wildman–Crippen MR) is 81.3 cm³/mol. The molecule has 0 radical (unpaired) electrons. The van der Waals surface area contributed by atoms with Gasteiger partial charge in [-0.25, -0.2) is 4.98 Å². The number of aromatic nitrogens is 2. The summed E-state index contributed by atoms with van der Waals surface area (Å²) in [5.74, 6) is 0.402. The van der Waals surface area contributed by atoms with Crippen LogP contribution < -0.4 is 10.1 Å². The summed E-state index contributed by atoms with van der Waals surface area (Å²) in [6, 6.07) is 3.63. The summed E-state index contributed by atoms with van der Waals surface area (Å²) >= 11 is 0. The molecule has 120 valence electrons. The van der Waals surface area contributed by atoms with Crippen molar-refractivity contribution >= 4 is 11.6 Å². The Hall–Kier alpha value is -2.12. The van der Waals surface area contributed by atoms with Gasteiger partial charge in [0.1, 0.15) is 5.69 Å². The van der Waals surface area contributed by atoms with Crippen molar-refractivity contribution in [3.05, 3.63) is 29.7 Å². The summed E-state index contributed by atoms with van der Waals surface area (Å²) in [5, 5.41) is 2.80. The standard InChI is InChI=1S/C15H21N3O4/c1-5-10-13(15(19)16-9-12(21-3)22-4)18-8-6-7-11(20-2)14(18)17-10/h6-8,12H,5,9H2,1-4H3,(H,16,19). The van der Waals surface area contributed by atoms with Gasteiger partial charge in [-0.1, -0.05) is 6.92 Å². The summed E-state index contributed by atoms with van der Waals surface area (Å²) < 4.78 is 17.2. The number of carbonyl (C=O) groups is 1. The van der Waals surface area contributed by atoms with E-state index >= 15 is 0 Å². The van der Waals surface area contributed by atoms with E-state index in [4.69, 9.17) is 14.2 Å². The maximum absolute atomic E-state index is 12.5. The van der Waals surface area contributed by atoms with Crippen LogP contribution in [-0.4, -0.2) is 49.5 Å². The summed E-state index contributed by atoms with van der Waals surface area (Å²) in [6.45, 7) is 2.21. The third-order valence-corrected chi connectivity index (χ3v) is 3.41. The second-order valence-electron chi connectivity index (χ2n) is 4.64. The van der Waals surface area contributed by atoms with Crippen LogP contribution in [0.1, 0.15) is 23.1 Å². The largest absolute Gasteiger partial charge is 0.493 e. The Morgan fingerprint density at radius 3 is 2.68 bits per heavy atom. The van der Waals surface area contributed by atoms with E-state index < -0.39 is 6.29 Å². The van der Waals surface area contributed by atoms with Gasteiger partial charge in [0.15, 0.2) is 17.7 Å². The van der Waals surface area contributed by atoms with Crippen molar-refractivity contribution in [3.8, 4) is 5.75 Å². The van der Waals surface area contributed by atoms with E-state index in [2.05, 4.69) is 10.3 Å². The lowest BCUT2D eigenvalue weighted by molar-refractivity contribution is -0.0974. The van der Waals surface area contributed by atoms with Crippen LogP contribution in [-0.2, 0) is 15.9 Å². The Morgan fingerprint density at radius 2 is 2.09 bits per heavy atom. The van der Waals surface area contributed by atoms with Crippen molar-refractivity contribution < 1.29 is 19.0 Å². The minimum atomic E-state index is -0.484. The van der Waals surface area contributed by atoms with Gasteiger partial charge in [-0.3, -0.25) is 9.20 Å². The number of pyridine rings is 1. The molecule has 0 fully saturated rings. The highest BCUT2D eigenvalue weighted by Gasteiger charge is 2.20. The number of nitrogens with one attached hydrogen (secondary N) is 1. The molecule has 0 aliphatic heterocycles. The number of carbonyl (C=O) groups excluding carboxylic acids is 1. The molecular formula is C15H21N3O4. The second-order valence-corrected chi connectivity index (χ2v) is 4.64. The molecule has 0 aromatic carbocycles. The zero-order chi connectivity index (χ0) is 16.1. The number of fused-ring (bicyclic) bond motifs is 1. The quantitative estimate of drug-likeness (QED) is 0.779. The van der Waals surface area contributed by atoms with Crippen LogP contribution in [0.5, 0.6) is 5.75 Å². The van der Waals surface area contributed by atoms with Gasteiger partial charge < -0.3 is 19.5 Å². The minimum Gasteiger partial charge on any atom is -0.493 e. The zero-order valence-corrected chi connectivity index (χ0v) is 13.3. The van der Waals surface area contributed by atoms with E-state index in [1.54, 1.807) is 17.7 Å². The Kier molecular flexibility index (Phi) is 5.35. The Morgan fingerprint density at radius 1 is 1.36 bits per heavy atom. The van der Waals surface area contributed by atoms with E-state index in [0.29, 0.717) is 29.2 Å². The van der Waals surface area contributed by atoms with E-state index in [-0.39, 0.29) is 12.5 Å². The molecule has 0 aliphatic rings. The Balaban J connectivity index is 2.35. The molecule has 22 heavy (non-hydrogen) atoms. The molecule has 1 N–H and O–H groups in total. The summed E-state index contributed by atoms with van der Waals surface area (Å²) in [6.07, 6.45) is 1.96. The first-order valence-corrected chi connectivity index (χ1v) is 7.03. The fourth-order valence-electron chi connectivity index (χ4n) is 2.26. The molecule has 0 bridgehead atoms. The first-order chi connectivity index (χ1) is 10.7. The lowest BCUT2D eigenvalue weighted by Gasteiger charge is -2.14. The van der Waals surface area contributed by atoms with E-state index in [0.717, 1.165) is 0 Å². The third-order valence-electron chi connectivity index (χ3n) is 3.41. The molecule has 2 rings (SSSR count). The fourth-order valence-corrected chi connectivity index (χ4v) is 2.26. The van der Waals surface area contributed by atoms with Gasteiger partial charge in [0.2, 0.25) is 0 Å². The monoisotopic (exact) mass is 307 g/mol. The topological polar surface area (TPSA) is 74.1 Å². The van der Waals surface area contributed by atoms with Crippen LogP contribution in [0.25, 0.3) is 5.65 Å². The predicted octanol–water partition coefficient (Wildman–Crippen LogP) is 1.25. The highest BCUT2D eigenvalue weighted by Crippen LogP contribution is 2.22. The lowest BCUT2D eigenvalue weighted by Crippen LogP contribution is -2.35. The number of rotatable bonds is 7. The molecule has 1 amide bonds. The van der Waals surface area contributed by atoms with Crippen molar-refractivity contribution in [1.29, 1.82) is 0 Å². The molecule has 2 aromatic rings. The first-order valence-electron chi connectivity index (χ1n) is 7.03. The third kappa shape index (κ3) is 3.05. The molecule has 0 unspecified atom stereocenters. The van der Waals surface area contributed by atoms with Crippen LogP contribution >= 0.6 is 0 Å². The van der Waals surface area contributed by atoms with Crippen LogP contribution in [0.2, 0.25) is 0 Å². The molecule has 0 saturated carbocycles. The van der Waals surface area contributed by atoms with Crippen molar-refractivity contribution in [1.82, 2.24) is 14.7 Å². The van der Waals surface area contributed by atoms with Crippen LogP contribution in [0.15, 0.2) is 18.3 Å². The van der Waals surface area contributed by atoms with E-state index in [9.17, 15) is 4.79 Å². The number of hydrogen-bond donors (Lipinski definition) is 1. The van der Waals surface area contributed by atoms with Crippen LogP contribution in [0.4, 0.5) is 0 Å². The summed E-state index contributed by atoms with van der Waals surface area (Å²) in [4.78, 5) is 17.0. The van der Waals surface area contributed by atoms with Gasteiger partial charge in [-0.15, -0.1) is 0 Å². The number of nitrogens with zero attached hydrogens (tertiary/aromatic N) is 2. The first kappa shape index (κ1) is 16.3. The molecule has 2 aromatic heterocycles. The number of ether oxygens (including phenoxy) is 3. The number of aryl methyl sites for hydroxylation is 1. The maximum atomic E-state index is 12.5. The molecule has 2 heterocycles. The van der Waals surface area contributed by atoms with Crippen molar-refractivity contribution in [2.24, 2.45) is 0 Å². The van der Waals surface area contributed by atoms with Crippen molar-refractivity contribution in [2.45, 2.75) is 19.6 Å². The molecule has 7 nitrogen and oxygen atoms in total. The van der Waals surface area contributed by atoms with E-state index in [1.807, 2.05) is 19.1 Å². The highest BCUT2D eigenvalue weighted by atomic mass is 16.7. The Bertz CT molecular complexity index is 650. The average Bonchev–Trinajstić information content (AvgIpc) is 2.94. The van der Waals surface area contributed by atoms with Gasteiger partial charge in [-0.2, -0.15) is 0 Å². The number of methoxy groups -OCH3 is 3. The van der Waals surface area contributed by atoms with Crippen LogP contribution in [0.3, 0.4) is 0 Å². The average molecular weight is 307 g/mol. The summed E-state index contributed by atoms with van der Waals surface area (Å²) in [7, 11) is 4.63.